The Balaban J connectivity index is 1.99. The van der Waals surface area contributed by atoms with Gasteiger partial charge in [-0.05, 0) is 54.5 Å². The second-order valence-electron chi connectivity index (χ2n) is 8.22. The monoisotopic (exact) mass is 472 g/mol. The fourth-order valence-electron chi connectivity index (χ4n) is 3.67. The number of nitrogens with one attached hydrogen (secondary N) is 1. The average molecular weight is 473 g/mol. The lowest BCUT2D eigenvalue weighted by Gasteiger charge is -2.14. The number of non-ortho nitro benzene ring substituents is 1. The number of nitro benzene ring substituents is 2. The molecule has 0 saturated heterocycles. The summed E-state index contributed by atoms with van der Waals surface area (Å²) in [5, 5.41) is 26.7. The van der Waals surface area contributed by atoms with Crippen LogP contribution in [0.2, 0.25) is 0 Å². The molecular weight excluding hydrogens is 444 g/mol. The SMILES string of the molecule is CCCCC(/C=N/Nc1ccc([N+](=O)[O-])cc1[N+](=O)[O-])=C(/Cc1ccc(C)cc1)c1ccccc1. The largest absolute Gasteiger partial charge is 0.301 e. The molecule has 0 amide bonds. The van der Waals surface area contributed by atoms with Crippen LogP contribution >= 0.6 is 0 Å². The fourth-order valence-corrected chi connectivity index (χ4v) is 3.67. The number of hydrogen-bond donors (Lipinski definition) is 1. The highest BCUT2D eigenvalue weighted by atomic mass is 16.6. The van der Waals surface area contributed by atoms with Gasteiger partial charge in [0.25, 0.3) is 5.69 Å². The maximum Gasteiger partial charge on any atom is 0.301 e. The van der Waals surface area contributed by atoms with E-state index in [0.717, 1.165) is 42.0 Å². The molecule has 0 fully saturated rings. The number of hydrogen-bond acceptors (Lipinski definition) is 6. The van der Waals surface area contributed by atoms with E-state index < -0.39 is 15.5 Å². The quantitative estimate of drug-likeness (QED) is 0.182. The predicted molar refractivity (Wildman–Crippen MR) is 140 cm³/mol. The van der Waals surface area contributed by atoms with E-state index in [1.165, 1.54) is 23.3 Å². The zero-order chi connectivity index (χ0) is 25.2. The summed E-state index contributed by atoms with van der Waals surface area (Å²) in [6.07, 6.45) is 5.18. The number of aryl methyl sites for hydroxylation is 1. The first-order valence-electron chi connectivity index (χ1n) is 11.4. The molecule has 1 N–H and O–H groups in total. The van der Waals surface area contributed by atoms with Crippen molar-refractivity contribution in [2.24, 2.45) is 5.10 Å². The van der Waals surface area contributed by atoms with Gasteiger partial charge in [0.1, 0.15) is 5.69 Å². The molecule has 0 spiro atoms. The van der Waals surface area contributed by atoms with Gasteiger partial charge in [-0.2, -0.15) is 5.10 Å². The molecule has 0 saturated carbocycles. The molecule has 3 aromatic rings. The van der Waals surface area contributed by atoms with E-state index in [9.17, 15) is 20.2 Å². The maximum atomic E-state index is 11.4. The van der Waals surface area contributed by atoms with Crippen molar-refractivity contribution in [2.45, 2.75) is 39.5 Å². The number of nitrogens with zero attached hydrogens (tertiary/aromatic N) is 3. The number of rotatable bonds is 11. The molecule has 0 aliphatic rings. The van der Waals surface area contributed by atoms with Gasteiger partial charge < -0.3 is 0 Å². The Morgan fingerprint density at radius 2 is 1.69 bits per heavy atom. The van der Waals surface area contributed by atoms with Crippen LogP contribution < -0.4 is 5.43 Å². The van der Waals surface area contributed by atoms with Crippen molar-refractivity contribution in [1.82, 2.24) is 0 Å². The van der Waals surface area contributed by atoms with Gasteiger partial charge in [-0.15, -0.1) is 0 Å². The summed E-state index contributed by atoms with van der Waals surface area (Å²) < 4.78 is 0. The van der Waals surface area contributed by atoms with Crippen LogP contribution in [0.1, 0.15) is 42.9 Å². The van der Waals surface area contributed by atoms with Crippen LogP contribution in [0, 0.1) is 27.2 Å². The Hall–Kier alpha value is -4.33. The topological polar surface area (TPSA) is 111 Å². The normalized spacial score (nSPS) is 11.8. The number of allylic oxidation sites excluding steroid dienone is 2. The Morgan fingerprint density at radius 1 is 0.971 bits per heavy atom. The second kappa shape index (κ2) is 12.2. The number of anilines is 1. The van der Waals surface area contributed by atoms with Crippen LogP contribution in [0.15, 0.2) is 83.5 Å². The maximum absolute atomic E-state index is 11.4. The highest BCUT2D eigenvalue weighted by Gasteiger charge is 2.19. The van der Waals surface area contributed by atoms with Gasteiger partial charge in [0.05, 0.1) is 22.1 Å². The molecule has 3 rings (SSSR count). The molecule has 0 unspecified atom stereocenters. The van der Waals surface area contributed by atoms with Gasteiger partial charge >= 0.3 is 5.69 Å². The molecule has 35 heavy (non-hydrogen) atoms. The van der Waals surface area contributed by atoms with Crippen LogP contribution in [0.25, 0.3) is 5.57 Å². The molecule has 0 aliphatic carbocycles. The van der Waals surface area contributed by atoms with Crippen LogP contribution in [-0.4, -0.2) is 16.1 Å². The van der Waals surface area contributed by atoms with Gasteiger partial charge in [0, 0.05) is 6.07 Å². The van der Waals surface area contributed by atoms with Crippen molar-refractivity contribution in [3.8, 4) is 0 Å². The Bertz CT molecular complexity index is 1240. The van der Waals surface area contributed by atoms with E-state index in [1.807, 2.05) is 18.2 Å². The Morgan fingerprint density at radius 3 is 2.31 bits per heavy atom. The Labute approximate surface area is 204 Å². The molecule has 3 aromatic carbocycles. The zero-order valence-electron chi connectivity index (χ0n) is 19.8. The van der Waals surface area contributed by atoms with E-state index >= 15 is 0 Å². The number of nitro groups is 2. The van der Waals surface area contributed by atoms with Crippen LogP contribution in [0.5, 0.6) is 0 Å². The molecule has 180 valence electrons. The van der Waals surface area contributed by atoms with E-state index in [4.69, 9.17) is 0 Å². The van der Waals surface area contributed by atoms with E-state index in [1.54, 1.807) is 6.21 Å². The van der Waals surface area contributed by atoms with E-state index in [-0.39, 0.29) is 11.4 Å². The lowest BCUT2D eigenvalue weighted by molar-refractivity contribution is -0.393. The molecule has 8 heteroatoms. The minimum absolute atomic E-state index is 0.0893. The van der Waals surface area contributed by atoms with Crippen molar-refractivity contribution in [1.29, 1.82) is 0 Å². The van der Waals surface area contributed by atoms with Crippen LogP contribution in [0.4, 0.5) is 17.1 Å². The molecular formula is C27H28N4O4. The predicted octanol–water partition coefficient (Wildman–Crippen LogP) is 7.10. The first-order chi connectivity index (χ1) is 16.9. The molecule has 0 atom stereocenters. The molecule has 0 bridgehead atoms. The number of unbranched alkanes of at least 4 members (excludes halogenated alkanes) is 1. The smallest absolute Gasteiger partial charge is 0.272 e. The van der Waals surface area contributed by atoms with Gasteiger partial charge in [-0.3, -0.25) is 25.7 Å². The van der Waals surface area contributed by atoms with Crippen molar-refractivity contribution >= 4 is 28.8 Å². The van der Waals surface area contributed by atoms with E-state index in [2.05, 4.69) is 60.8 Å². The van der Waals surface area contributed by atoms with Gasteiger partial charge in [0.2, 0.25) is 0 Å². The summed E-state index contributed by atoms with van der Waals surface area (Å²) in [6, 6.07) is 22.0. The summed E-state index contributed by atoms with van der Waals surface area (Å²) in [4.78, 5) is 21.1. The third-order valence-electron chi connectivity index (χ3n) is 5.61. The van der Waals surface area contributed by atoms with Gasteiger partial charge in [-0.25, -0.2) is 0 Å². The summed E-state index contributed by atoms with van der Waals surface area (Å²) in [7, 11) is 0. The minimum Gasteiger partial charge on any atom is -0.272 e. The molecule has 0 aromatic heterocycles. The van der Waals surface area contributed by atoms with Crippen molar-refractivity contribution < 1.29 is 9.85 Å². The van der Waals surface area contributed by atoms with Crippen LogP contribution in [0.3, 0.4) is 0 Å². The number of benzene rings is 3. The molecule has 0 radical (unpaired) electrons. The molecule has 0 heterocycles. The van der Waals surface area contributed by atoms with Crippen molar-refractivity contribution in [3.63, 3.8) is 0 Å². The summed E-state index contributed by atoms with van der Waals surface area (Å²) in [5.74, 6) is 0. The van der Waals surface area contributed by atoms with Gasteiger partial charge in [-0.1, -0.05) is 73.5 Å². The van der Waals surface area contributed by atoms with Crippen molar-refractivity contribution in [3.05, 3.63) is 115 Å². The third kappa shape index (κ3) is 7.07. The fraction of sp³-hybridized carbons (Fsp3) is 0.222. The zero-order valence-corrected chi connectivity index (χ0v) is 19.8. The lowest BCUT2D eigenvalue weighted by Crippen LogP contribution is -2.02. The van der Waals surface area contributed by atoms with Crippen LogP contribution in [-0.2, 0) is 6.42 Å². The molecule has 8 nitrogen and oxygen atoms in total. The van der Waals surface area contributed by atoms with Crippen molar-refractivity contribution in [2.75, 3.05) is 5.43 Å². The lowest BCUT2D eigenvalue weighted by atomic mass is 9.91. The Kier molecular flexibility index (Phi) is 8.83. The molecule has 0 aliphatic heterocycles. The third-order valence-corrected chi connectivity index (χ3v) is 5.61. The summed E-state index contributed by atoms with van der Waals surface area (Å²) >= 11 is 0. The number of hydrazone groups is 1. The average Bonchev–Trinajstić information content (AvgIpc) is 2.86. The second-order valence-corrected chi connectivity index (χ2v) is 8.22. The minimum atomic E-state index is -0.664. The summed E-state index contributed by atoms with van der Waals surface area (Å²) in [5.41, 5.74) is 7.67. The highest BCUT2D eigenvalue weighted by molar-refractivity contribution is 5.92. The first kappa shape index (κ1) is 25.3. The summed E-state index contributed by atoms with van der Waals surface area (Å²) in [6.45, 7) is 4.18. The standard InChI is InChI=1S/C27H28N4O4/c1-3-4-8-23(19-28-29-26-16-15-24(30(32)33)18-27(26)31(34)35)25(22-9-6-5-7-10-22)17-21-13-11-20(2)12-14-21/h5-7,9-16,18-19,29H,3-4,8,17H2,1-2H3/b25-23+,28-19+. The first-order valence-corrected chi connectivity index (χ1v) is 11.4. The van der Waals surface area contributed by atoms with E-state index in [0.29, 0.717) is 6.42 Å². The van der Waals surface area contributed by atoms with Gasteiger partial charge in [0.15, 0.2) is 0 Å². The highest BCUT2D eigenvalue weighted by Crippen LogP contribution is 2.30.